The summed E-state index contributed by atoms with van der Waals surface area (Å²) in [7, 11) is -3.23. The van der Waals surface area contributed by atoms with Crippen LogP contribution in [-0.4, -0.2) is 30.1 Å². The summed E-state index contributed by atoms with van der Waals surface area (Å²) in [5.41, 5.74) is 5.37. The van der Waals surface area contributed by atoms with Crippen LogP contribution >= 0.6 is 0 Å². The summed E-state index contributed by atoms with van der Waals surface area (Å²) in [5.74, 6) is -0.222. The summed E-state index contributed by atoms with van der Waals surface area (Å²) in [6, 6.07) is 28.4. The fraction of sp³-hybridized carbons (Fsp3) is 0.129. The van der Waals surface area contributed by atoms with Gasteiger partial charge in [0.05, 0.1) is 15.9 Å². The summed E-state index contributed by atoms with van der Waals surface area (Å²) in [5, 5.41) is 14.8. The first-order chi connectivity index (χ1) is 19.1. The Morgan fingerprint density at radius 3 is 2.12 bits per heavy atom. The number of carbonyl (C=O) groups excluding carboxylic acids is 1. The first kappa shape index (κ1) is 26.8. The Labute approximate surface area is 232 Å². The zero-order valence-electron chi connectivity index (χ0n) is 21.9. The molecule has 0 aliphatic rings. The number of nitro benzene ring substituents is 1. The van der Waals surface area contributed by atoms with E-state index in [0.29, 0.717) is 17.0 Å². The predicted octanol–water partition coefficient (Wildman–Crippen LogP) is 6.16. The maximum Gasteiger partial charge on any atom is 0.269 e. The van der Waals surface area contributed by atoms with Crippen molar-refractivity contribution in [3.05, 3.63) is 130 Å². The standard InChI is InChI=1S/C31H27N3O5S/c1-21(23-7-12-28(13-8-23)34(36)37)32-31(35)27-11-16-30-26(19-27)17-18-33(30)20-22-3-5-24(6-4-22)25-9-14-29(15-10-25)40(2,38)39/h3-19,21H,20H2,1-2H3,(H,32,35). The second kappa shape index (κ2) is 10.8. The molecule has 0 bridgehead atoms. The number of benzene rings is 4. The third kappa shape index (κ3) is 5.79. The molecule has 1 atom stereocenters. The number of hydrogen-bond acceptors (Lipinski definition) is 5. The molecule has 0 aliphatic heterocycles. The lowest BCUT2D eigenvalue weighted by Crippen LogP contribution is -2.26. The molecular formula is C31H27N3O5S. The van der Waals surface area contributed by atoms with E-state index >= 15 is 0 Å². The Morgan fingerprint density at radius 2 is 1.52 bits per heavy atom. The Balaban J connectivity index is 1.26. The van der Waals surface area contributed by atoms with Crippen LogP contribution in [0.15, 0.2) is 108 Å². The highest BCUT2D eigenvalue weighted by Gasteiger charge is 2.14. The number of carbonyl (C=O) groups is 1. The van der Waals surface area contributed by atoms with E-state index in [2.05, 4.69) is 9.88 Å². The molecule has 5 aromatic rings. The lowest BCUT2D eigenvalue weighted by atomic mass is 10.0. The van der Waals surface area contributed by atoms with Crippen molar-refractivity contribution in [3.8, 4) is 11.1 Å². The van der Waals surface area contributed by atoms with Crippen LogP contribution in [0.1, 0.15) is 34.5 Å². The molecule has 0 spiro atoms. The van der Waals surface area contributed by atoms with Crippen molar-refractivity contribution >= 4 is 32.3 Å². The SMILES string of the molecule is CC(NC(=O)c1ccc2c(ccn2Cc2ccc(-c3ccc(S(C)(=O)=O)cc3)cc2)c1)c1ccc([N+](=O)[O-])cc1. The second-order valence-electron chi connectivity index (χ2n) is 9.75. The average molecular weight is 554 g/mol. The van der Waals surface area contributed by atoms with Gasteiger partial charge < -0.3 is 9.88 Å². The van der Waals surface area contributed by atoms with E-state index in [1.807, 2.05) is 67.7 Å². The van der Waals surface area contributed by atoms with Crippen LogP contribution in [0.2, 0.25) is 0 Å². The average Bonchev–Trinajstić information content (AvgIpc) is 3.35. The van der Waals surface area contributed by atoms with Crippen LogP contribution in [0, 0.1) is 10.1 Å². The normalized spacial score (nSPS) is 12.2. The van der Waals surface area contributed by atoms with Crippen LogP contribution < -0.4 is 5.32 Å². The van der Waals surface area contributed by atoms with Gasteiger partial charge in [-0.3, -0.25) is 14.9 Å². The molecule has 1 heterocycles. The molecule has 0 saturated carbocycles. The highest BCUT2D eigenvalue weighted by Crippen LogP contribution is 2.24. The number of hydrogen-bond donors (Lipinski definition) is 1. The largest absolute Gasteiger partial charge is 0.346 e. The molecule has 8 nitrogen and oxygen atoms in total. The van der Waals surface area contributed by atoms with Crippen molar-refractivity contribution in [2.75, 3.05) is 6.26 Å². The molecule has 1 amide bonds. The third-order valence-electron chi connectivity index (χ3n) is 6.91. The monoisotopic (exact) mass is 553 g/mol. The van der Waals surface area contributed by atoms with Crippen molar-refractivity contribution in [1.82, 2.24) is 9.88 Å². The second-order valence-corrected chi connectivity index (χ2v) is 11.8. The van der Waals surface area contributed by atoms with E-state index in [4.69, 9.17) is 0 Å². The van der Waals surface area contributed by atoms with E-state index in [-0.39, 0.29) is 17.6 Å². The maximum atomic E-state index is 12.9. The minimum atomic E-state index is -3.23. The molecule has 0 radical (unpaired) electrons. The molecule has 40 heavy (non-hydrogen) atoms. The van der Waals surface area contributed by atoms with Crippen LogP contribution in [0.5, 0.6) is 0 Å². The molecule has 5 rings (SSSR count). The zero-order chi connectivity index (χ0) is 28.4. The van der Waals surface area contributed by atoms with Gasteiger partial charge in [0.25, 0.3) is 11.6 Å². The minimum Gasteiger partial charge on any atom is -0.346 e. The molecule has 1 N–H and O–H groups in total. The Hall–Kier alpha value is -4.76. The molecule has 9 heteroatoms. The topological polar surface area (TPSA) is 111 Å². The number of amides is 1. The van der Waals surface area contributed by atoms with Crippen LogP contribution in [-0.2, 0) is 16.4 Å². The summed E-state index contributed by atoms with van der Waals surface area (Å²) < 4.78 is 25.5. The van der Waals surface area contributed by atoms with E-state index in [1.54, 1.807) is 30.3 Å². The van der Waals surface area contributed by atoms with Crippen LogP contribution in [0.4, 0.5) is 5.69 Å². The molecular weight excluding hydrogens is 526 g/mol. The van der Waals surface area contributed by atoms with Gasteiger partial charge in [0, 0.05) is 47.6 Å². The van der Waals surface area contributed by atoms with E-state index < -0.39 is 14.8 Å². The smallest absolute Gasteiger partial charge is 0.269 e. The zero-order valence-corrected chi connectivity index (χ0v) is 22.8. The summed E-state index contributed by atoms with van der Waals surface area (Å²) in [6.07, 6.45) is 3.19. The highest BCUT2D eigenvalue weighted by atomic mass is 32.2. The van der Waals surface area contributed by atoms with Gasteiger partial charge in [0.2, 0.25) is 0 Å². The van der Waals surface area contributed by atoms with Gasteiger partial charge in [0.1, 0.15) is 0 Å². The fourth-order valence-electron chi connectivity index (χ4n) is 4.62. The number of nitrogens with one attached hydrogen (secondary N) is 1. The van der Waals surface area contributed by atoms with Gasteiger partial charge in [0.15, 0.2) is 9.84 Å². The third-order valence-corrected chi connectivity index (χ3v) is 8.04. The van der Waals surface area contributed by atoms with Gasteiger partial charge >= 0.3 is 0 Å². The van der Waals surface area contributed by atoms with Gasteiger partial charge in [-0.15, -0.1) is 0 Å². The molecule has 0 fully saturated rings. The molecule has 4 aromatic carbocycles. The predicted molar refractivity (Wildman–Crippen MR) is 155 cm³/mol. The first-order valence-corrected chi connectivity index (χ1v) is 14.5. The van der Waals surface area contributed by atoms with E-state index in [0.717, 1.165) is 33.2 Å². The van der Waals surface area contributed by atoms with E-state index in [9.17, 15) is 23.3 Å². The molecule has 202 valence electrons. The molecule has 0 saturated heterocycles. The van der Waals surface area contributed by atoms with Crippen molar-refractivity contribution in [3.63, 3.8) is 0 Å². The highest BCUT2D eigenvalue weighted by molar-refractivity contribution is 7.90. The fourth-order valence-corrected chi connectivity index (χ4v) is 5.25. The van der Waals surface area contributed by atoms with Crippen molar-refractivity contribution < 1.29 is 18.1 Å². The Kier molecular flexibility index (Phi) is 7.23. The number of nitrogens with zero attached hydrogens (tertiary/aromatic N) is 2. The summed E-state index contributed by atoms with van der Waals surface area (Å²) in [6.45, 7) is 2.49. The number of nitro groups is 1. The minimum absolute atomic E-state index is 0.00871. The van der Waals surface area contributed by atoms with Gasteiger partial charge in [-0.2, -0.15) is 0 Å². The Morgan fingerprint density at radius 1 is 0.900 bits per heavy atom. The maximum absolute atomic E-state index is 12.9. The quantitative estimate of drug-likeness (QED) is 0.183. The first-order valence-electron chi connectivity index (χ1n) is 12.6. The van der Waals surface area contributed by atoms with Crippen LogP contribution in [0.3, 0.4) is 0 Å². The number of sulfone groups is 1. The van der Waals surface area contributed by atoms with E-state index in [1.165, 1.54) is 18.4 Å². The van der Waals surface area contributed by atoms with Crippen molar-refractivity contribution in [2.24, 2.45) is 0 Å². The van der Waals surface area contributed by atoms with Gasteiger partial charge in [-0.1, -0.05) is 48.5 Å². The van der Waals surface area contributed by atoms with Crippen molar-refractivity contribution in [1.29, 1.82) is 0 Å². The summed E-state index contributed by atoms with van der Waals surface area (Å²) >= 11 is 0. The van der Waals surface area contributed by atoms with Crippen LogP contribution in [0.25, 0.3) is 22.0 Å². The number of aromatic nitrogens is 1. The molecule has 1 aromatic heterocycles. The molecule has 1 unspecified atom stereocenters. The Bertz CT molecular complexity index is 1810. The van der Waals surface area contributed by atoms with Crippen molar-refractivity contribution in [2.45, 2.75) is 24.4 Å². The van der Waals surface area contributed by atoms with Gasteiger partial charge in [-0.25, -0.2) is 8.42 Å². The van der Waals surface area contributed by atoms with Gasteiger partial charge in [-0.05, 0) is 65.6 Å². The lowest BCUT2D eigenvalue weighted by Gasteiger charge is -2.14. The summed E-state index contributed by atoms with van der Waals surface area (Å²) in [4.78, 5) is 23.6. The number of rotatable bonds is 8. The number of fused-ring (bicyclic) bond motifs is 1. The number of non-ortho nitro benzene ring substituents is 1. The molecule has 0 aliphatic carbocycles. The lowest BCUT2D eigenvalue weighted by molar-refractivity contribution is -0.384.